The summed E-state index contributed by atoms with van der Waals surface area (Å²) in [6.07, 6.45) is 6.25. The van der Waals surface area contributed by atoms with Gasteiger partial charge in [0.1, 0.15) is 0 Å². The SMILES string of the molecule is CC(N)C1CCCN(S(=O)(=O)N2CCCCCC2)C1.Cl. The topological polar surface area (TPSA) is 66.6 Å². The molecule has 0 amide bonds. The van der Waals surface area contributed by atoms with Gasteiger partial charge < -0.3 is 5.73 Å². The molecule has 2 rings (SSSR count). The van der Waals surface area contributed by atoms with E-state index in [1.54, 1.807) is 8.61 Å². The average Bonchev–Trinajstić information content (AvgIpc) is 2.68. The van der Waals surface area contributed by atoms with Gasteiger partial charge in [0.2, 0.25) is 0 Å². The largest absolute Gasteiger partial charge is 0.328 e. The fourth-order valence-corrected chi connectivity index (χ4v) is 4.83. The molecule has 0 aromatic heterocycles. The van der Waals surface area contributed by atoms with Crippen LogP contribution in [0.3, 0.4) is 0 Å². The van der Waals surface area contributed by atoms with Crippen LogP contribution >= 0.6 is 12.4 Å². The number of halogens is 1. The maximum atomic E-state index is 12.7. The van der Waals surface area contributed by atoms with E-state index in [0.717, 1.165) is 38.5 Å². The third kappa shape index (κ3) is 4.31. The standard InChI is InChI=1S/C13H27N3O2S.ClH/c1-12(14)13-7-6-10-16(11-13)19(17,18)15-8-4-2-3-5-9-15;/h12-13H,2-11,14H2,1H3;1H. The molecule has 2 N–H and O–H groups in total. The minimum absolute atomic E-state index is 0. The fraction of sp³-hybridized carbons (Fsp3) is 1.00. The van der Waals surface area contributed by atoms with Crippen molar-refractivity contribution in [1.29, 1.82) is 0 Å². The number of nitrogens with zero attached hydrogens (tertiary/aromatic N) is 2. The molecule has 0 spiro atoms. The second kappa shape index (κ2) is 7.94. The molecule has 0 radical (unpaired) electrons. The lowest BCUT2D eigenvalue weighted by Gasteiger charge is -2.36. The highest BCUT2D eigenvalue weighted by atomic mass is 35.5. The Hall–Kier alpha value is 0.120. The molecule has 2 fully saturated rings. The van der Waals surface area contributed by atoms with Crippen molar-refractivity contribution in [2.75, 3.05) is 26.2 Å². The molecule has 0 aromatic carbocycles. The lowest BCUT2D eigenvalue weighted by atomic mass is 9.93. The second-order valence-electron chi connectivity index (χ2n) is 5.94. The number of nitrogens with two attached hydrogens (primary N) is 1. The summed E-state index contributed by atoms with van der Waals surface area (Å²) in [6.45, 7) is 4.59. The van der Waals surface area contributed by atoms with Crippen LogP contribution in [0.1, 0.15) is 45.4 Å². The lowest BCUT2D eigenvalue weighted by molar-refractivity contribution is 0.228. The molecule has 0 saturated carbocycles. The molecule has 2 atom stereocenters. The van der Waals surface area contributed by atoms with E-state index in [1.807, 2.05) is 6.92 Å². The predicted molar refractivity (Wildman–Crippen MR) is 84.2 cm³/mol. The van der Waals surface area contributed by atoms with E-state index in [4.69, 9.17) is 5.73 Å². The maximum absolute atomic E-state index is 12.7. The van der Waals surface area contributed by atoms with E-state index < -0.39 is 10.2 Å². The van der Waals surface area contributed by atoms with Crippen LogP contribution in [-0.4, -0.2) is 49.2 Å². The first-order valence-corrected chi connectivity index (χ1v) is 8.92. The first kappa shape index (κ1) is 18.2. The van der Waals surface area contributed by atoms with Crippen LogP contribution in [0.4, 0.5) is 0 Å². The summed E-state index contributed by atoms with van der Waals surface area (Å²) in [7, 11) is -3.26. The zero-order valence-corrected chi connectivity index (χ0v) is 14.0. The summed E-state index contributed by atoms with van der Waals surface area (Å²) >= 11 is 0. The van der Waals surface area contributed by atoms with E-state index in [9.17, 15) is 8.42 Å². The van der Waals surface area contributed by atoms with Gasteiger partial charge in [-0.3, -0.25) is 0 Å². The minimum Gasteiger partial charge on any atom is -0.328 e. The molecule has 2 unspecified atom stereocenters. The molecule has 0 aliphatic carbocycles. The van der Waals surface area contributed by atoms with Gasteiger partial charge in [-0.05, 0) is 38.5 Å². The Kier molecular flexibility index (Phi) is 7.21. The third-order valence-corrected chi connectivity index (χ3v) is 6.38. The van der Waals surface area contributed by atoms with Crippen molar-refractivity contribution < 1.29 is 8.42 Å². The van der Waals surface area contributed by atoms with Crippen LogP contribution in [0.2, 0.25) is 0 Å². The number of hydrogen-bond donors (Lipinski definition) is 1. The molecule has 20 heavy (non-hydrogen) atoms. The quantitative estimate of drug-likeness (QED) is 0.857. The second-order valence-corrected chi connectivity index (χ2v) is 7.87. The van der Waals surface area contributed by atoms with Gasteiger partial charge >= 0.3 is 0 Å². The van der Waals surface area contributed by atoms with Gasteiger partial charge in [0.25, 0.3) is 10.2 Å². The summed E-state index contributed by atoms with van der Waals surface area (Å²) in [5, 5.41) is 0. The zero-order chi connectivity index (χ0) is 13.9. The fourth-order valence-electron chi connectivity index (χ4n) is 3.05. The molecule has 2 aliphatic heterocycles. The summed E-state index contributed by atoms with van der Waals surface area (Å²) in [4.78, 5) is 0. The van der Waals surface area contributed by atoms with Gasteiger partial charge in [0, 0.05) is 32.2 Å². The Morgan fingerprint density at radius 2 is 1.55 bits per heavy atom. The van der Waals surface area contributed by atoms with E-state index in [2.05, 4.69) is 0 Å². The maximum Gasteiger partial charge on any atom is 0.281 e. The highest BCUT2D eigenvalue weighted by Gasteiger charge is 2.34. The molecular weight excluding hydrogens is 298 g/mol. The summed E-state index contributed by atoms with van der Waals surface area (Å²) < 4.78 is 28.7. The molecular formula is C13H28ClN3O2S. The Labute approximate surface area is 129 Å². The molecule has 2 heterocycles. The van der Waals surface area contributed by atoms with Gasteiger partial charge in [-0.15, -0.1) is 12.4 Å². The minimum atomic E-state index is -3.26. The monoisotopic (exact) mass is 325 g/mol. The van der Waals surface area contributed by atoms with Crippen LogP contribution in [0.15, 0.2) is 0 Å². The van der Waals surface area contributed by atoms with E-state index in [-0.39, 0.29) is 18.4 Å². The predicted octanol–water partition coefficient (Wildman–Crippen LogP) is 1.59. The van der Waals surface area contributed by atoms with Crippen LogP contribution < -0.4 is 5.73 Å². The first-order chi connectivity index (χ1) is 9.01. The van der Waals surface area contributed by atoms with E-state index >= 15 is 0 Å². The van der Waals surface area contributed by atoms with Crippen LogP contribution in [-0.2, 0) is 10.2 Å². The Bertz CT molecular complexity index is 381. The highest BCUT2D eigenvalue weighted by molar-refractivity contribution is 7.86. The molecule has 2 aliphatic rings. The van der Waals surface area contributed by atoms with Crippen LogP contribution in [0.25, 0.3) is 0 Å². The van der Waals surface area contributed by atoms with Gasteiger partial charge in [-0.1, -0.05) is 12.8 Å². The van der Waals surface area contributed by atoms with Crippen molar-refractivity contribution in [2.24, 2.45) is 11.7 Å². The van der Waals surface area contributed by atoms with Gasteiger partial charge in [0.15, 0.2) is 0 Å². The van der Waals surface area contributed by atoms with Crippen molar-refractivity contribution in [3.8, 4) is 0 Å². The number of hydrogen-bond acceptors (Lipinski definition) is 3. The van der Waals surface area contributed by atoms with Gasteiger partial charge in [0.05, 0.1) is 0 Å². The summed E-state index contributed by atoms with van der Waals surface area (Å²) in [5.74, 6) is 0.301. The highest BCUT2D eigenvalue weighted by Crippen LogP contribution is 2.24. The number of rotatable bonds is 3. The van der Waals surface area contributed by atoms with E-state index in [0.29, 0.717) is 32.1 Å². The molecule has 0 aromatic rings. The van der Waals surface area contributed by atoms with Crippen molar-refractivity contribution in [2.45, 2.75) is 51.5 Å². The van der Waals surface area contributed by atoms with Crippen molar-refractivity contribution in [3.63, 3.8) is 0 Å². The molecule has 120 valence electrons. The first-order valence-electron chi connectivity index (χ1n) is 7.52. The summed E-state index contributed by atoms with van der Waals surface area (Å²) in [5.41, 5.74) is 5.94. The van der Waals surface area contributed by atoms with Gasteiger partial charge in [-0.2, -0.15) is 17.0 Å². The Balaban J connectivity index is 0.00000200. The van der Waals surface area contributed by atoms with Gasteiger partial charge in [-0.25, -0.2) is 0 Å². The zero-order valence-electron chi connectivity index (χ0n) is 12.3. The third-order valence-electron chi connectivity index (χ3n) is 4.38. The molecule has 7 heteroatoms. The lowest BCUT2D eigenvalue weighted by Crippen LogP contribution is -2.50. The molecule has 2 saturated heterocycles. The normalized spacial score (nSPS) is 28.4. The van der Waals surface area contributed by atoms with Crippen LogP contribution in [0.5, 0.6) is 0 Å². The van der Waals surface area contributed by atoms with Crippen molar-refractivity contribution in [3.05, 3.63) is 0 Å². The van der Waals surface area contributed by atoms with E-state index in [1.165, 1.54) is 0 Å². The summed E-state index contributed by atoms with van der Waals surface area (Å²) in [6, 6.07) is 0.0714. The Morgan fingerprint density at radius 1 is 1.00 bits per heavy atom. The van der Waals surface area contributed by atoms with Crippen molar-refractivity contribution >= 4 is 22.6 Å². The molecule has 5 nitrogen and oxygen atoms in total. The smallest absolute Gasteiger partial charge is 0.281 e. The average molecular weight is 326 g/mol. The van der Waals surface area contributed by atoms with Crippen LogP contribution in [0, 0.1) is 5.92 Å². The molecule has 0 bridgehead atoms. The Morgan fingerprint density at radius 3 is 2.10 bits per heavy atom. The van der Waals surface area contributed by atoms with Crippen molar-refractivity contribution in [1.82, 2.24) is 8.61 Å². The number of piperidine rings is 1.